The summed E-state index contributed by atoms with van der Waals surface area (Å²) in [5.74, 6) is 2.77. The molecule has 3 nitrogen and oxygen atoms in total. The Balaban J connectivity index is 1.30. The first-order valence-electron chi connectivity index (χ1n) is 8.95. The van der Waals surface area contributed by atoms with Crippen LogP contribution in [0.4, 0.5) is 5.69 Å². The minimum absolute atomic E-state index is 0.140. The largest absolute Gasteiger partial charge is 0.369 e. The molecule has 4 rings (SSSR count). The highest BCUT2D eigenvalue weighted by molar-refractivity contribution is 5.94. The molecule has 122 valence electrons. The van der Waals surface area contributed by atoms with Gasteiger partial charge in [-0.2, -0.15) is 0 Å². The minimum atomic E-state index is 0.140. The number of nitrogens with zero attached hydrogens (tertiary/aromatic N) is 2. The van der Waals surface area contributed by atoms with Crippen molar-refractivity contribution in [2.75, 3.05) is 37.6 Å². The monoisotopic (exact) mass is 310 g/mol. The third kappa shape index (κ3) is 3.07. The van der Waals surface area contributed by atoms with Crippen LogP contribution in [-0.4, -0.2) is 43.4 Å². The van der Waals surface area contributed by atoms with Crippen LogP contribution in [0.15, 0.2) is 36.4 Å². The second-order valence-corrected chi connectivity index (χ2v) is 7.43. The van der Waals surface area contributed by atoms with Gasteiger partial charge in [0.15, 0.2) is 5.78 Å². The molecule has 3 heteroatoms. The summed E-state index contributed by atoms with van der Waals surface area (Å²) < 4.78 is 0. The van der Waals surface area contributed by atoms with Crippen LogP contribution < -0.4 is 4.90 Å². The average Bonchev–Trinajstić information content (AvgIpc) is 3.18. The van der Waals surface area contributed by atoms with E-state index in [1.165, 1.54) is 25.1 Å². The van der Waals surface area contributed by atoms with Crippen LogP contribution in [0.25, 0.3) is 0 Å². The molecule has 1 saturated heterocycles. The Labute approximate surface area is 139 Å². The highest BCUT2D eigenvalue weighted by atomic mass is 16.1. The number of fused-ring (bicyclic) bond motifs is 2. The Morgan fingerprint density at radius 2 is 1.78 bits per heavy atom. The fourth-order valence-electron chi connectivity index (χ4n) is 4.53. The molecule has 0 spiro atoms. The number of allylic oxidation sites excluding steroid dienone is 2. The Morgan fingerprint density at radius 1 is 1.04 bits per heavy atom. The van der Waals surface area contributed by atoms with Gasteiger partial charge in [-0.15, -0.1) is 0 Å². The van der Waals surface area contributed by atoms with Gasteiger partial charge in [-0.3, -0.25) is 9.69 Å². The Hall–Kier alpha value is -1.61. The highest BCUT2D eigenvalue weighted by Gasteiger charge is 2.36. The summed E-state index contributed by atoms with van der Waals surface area (Å²) in [6, 6.07) is 8.08. The summed E-state index contributed by atoms with van der Waals surface area (Å²) >= 11 is 0. The van der Waals surface area contributed by atoms with E-state index in [-0.39, 0.29) is 5.78 Å². The van der Waals surface area contributed by atoms with E-state index < -0.39 is 0 Å². The fourth-order valence-corrected chi connectivity index (χ4v) is 4.53. The topological polar surface area (TPSA) is 23.6 Å². The highest BCUT2D eigenvalue weighted by Crippen LogP contribution is 2.43. The Morgan fingerprint density at radius 3 is 2.35 bits per heavy atom. The normalized spacial score (nSPS) is 30.1. The Kier molecular flexibility index (Phi) is 3.98. The molecule has 3 atom stereocenters. The number of carbonyl (C=O) groups excluding carboxylic acids is 1. The number of anilines is 1. The first kappa shape index (κ1) is 14.9. The fraction of sp³-hybridized carbons (Fsp3) is 0.550. The lowest BCUT2D eigenvalue weighted by Crippen LogP contribution is -2.48. The van der Waals surface area contributed by atoms with E-state index in [0.29, 0.717) is 0 Å². The molecule has 1 aromatic carbocycles. The van der Waals surface area contributed by atoms with Crippen LogP contribution in [0, 0.1) is 17.8 Å². The zero-order chi connectivity index (χ0) is 15.8. The van der Waals surface area contributed by atoms with Crippen LogP contribution in [-0.2, 0) is 0 Å². The first-order valence-corrected chi connectivity index (χ1v) is 8.95. The van der Waals surface area contributed by atoms with E-state index >= 15 is 0 Å². The van der Waals surface area contributed by atoms with Gasteiger partial charge in [0.2, 0.25) is 0 Å². The molecule has 1 aromatic rings. The van der Waals surface area contributed by atoms with Gasteiger partial charge in [0.1, 0.15) is 0 Å². The smallest absolute Gasteiger partial charge is 0.159 e. The molecule has 0 amide bonds. The molecule has 0 aromatic heterocycles. The molecule has 2 bridgehead atoms. The molecular weight excluding hydrogens is 284 g/mol. The van der Waals surface area contributed by atoms with Gasteiger partial charge in [0, 0.05) is 44.0 Å². The molecule has 23 heavy (non-hydrogen) atoms. The van der Waals surface area contributed by atoms with Gasteiger partial charge < -0.3 is 4.90 Å². The number of rotatable bonds is 4. The van der Waals surface area contributed by atoms with E-state index in [2.05, 4.69) is 34.1 Å². The van der Waals surface area contributed by atoms with Gasteiger partial charge in [0.05, 0.1) is 0 Å². The molecule has 1 heterocycles. The molecule has 0 radical (unpaired) electrons. The first-order chi connectivity index (χ1) is 11.2. The molecule has 3 aliphatic rings. The summed E-state index contributed by atoms with van der Waals surface area (Å²) in [5, 5.41) is 0. The van der Waals surface area contributed by atoms with E-state index in [1.807, 2.05) is 12.1 Å². The molecule has 0 N–H and O–H groups in total. The summed E-state index contributed by atoms with van der Waals surface area (Å²) in [5.41, 5.74) is 2.05. The van der Waals surface area contributed by atoms with Crippen molar-refractivity contribution in [1.82, 2.24) is 4.90 Å². The molecule has 1 unspecified atom stereocenters. The predicted octanol–water partition coefficient (Wildman–Crippen LogP) is 3.22. The molecule has 2 fully saturated rings. The summed E-state index contributed by atoms with van der Waals surface area (Å²) in [6.45, 7) is 7.41. The van der Waals surface area contributed by atoms with Crippen molar-refractivity contribution in [3.05, 3.63) is 42.0 Å². The van der Waals surface area contributed by atoms with Crippen molar-refractivity contribution < 1.29 is 4.79 Å². The number of ketones is 1. The quantitative estimate of drug-likeness (QED) is 0.630. The van der Waals surface area contributed by atoms with Crippen molar-refractivity contribution in [3.8, 4) is 0 Å². The standard InChI is InChI=1S/C20H26N2O/c1-15(23)17-4-6-20(7-5-17)22-10-8-21(9-11-22)14-19-13-16-2-3-18(19)12-16/h2-7,16,18-19H,8-14H2,1H3/t16-,18+,19?/m1/s1. The number of piperazine rings is 1. The third-order valence-electron chi connectivity index (χ3n) is 5.92. The molecule has 2 aliphatic carbocycles. The van der Waals surface area contributed by atoms with Crippen molar-refractivity contribution in [2.24, 2.45) is 17.8 Å². The number of carbonyl (C=O) groups is 1. The van der Waals surface area contributed by atoms with E-state index in [4.69, 9.17) is 0 Å². The number of hydrogen-bond donors (Lipinski definition) is 0. The van der Waals surface area contributed by atoms with Gasteiger partial charge in [-0.25, -0.2) is 0 Å². The second-order valence-electron chi connectivity index (χ2n) is 7.43. The maximum absolute atomic E-state index is 11.4. The van der Waals surface area contributed by atoms with E-state index in [0.717, 1.165) is 49.5 Å². The maximum Gasteiger partial charge on any atom is 0.159 e. The lowest BCUT2D eigenvalue weighted by atomic mass is 9.93. The van der Waals surface area contributed by atoms with Crippen LogP contribution in [0.2, 0.25) is 0 Å². The average molecular weight is 310 g/mol. The van der Waals surface area contributed by atoms with Crippen molar-refractivity contribution in [3.63, 3.8) is 0 Å². The predicted molar refractivity (Wildman–Crippen MR) is 93.9 cm³/mol. The van der Waals surface area contributed by atoms with Crippen LogP contribution in [0.3, 0.4) is 0 Å². The lowest BCUT2D eigenvalue weighted by Gasteiger charge is -2.38. The van der Waals surface area contributed by atoms with Gasteiger partial charge >= 0.3 is 0 Å². The van der Waals surface area contributed by atoms with Crippen LogP contribution in [0.5, 0.6) is 0 Å². The van der Waals surface area contributed by atoms with Gasteiger partial charge in [0.25, 0.3) is 0 Å². The van der Waals surface area contributed by atoms with Crippen LogP contribution >= 0.6 is 0 Å². The lowest BCUT2D eigenvalue weighted by molar-refractivity contribution is 0.101. The van der Waals surface area contributed by atoms with Crippen molar-refractivity contribution in [1.29, 1.82) is 0 Å². The summed E-state index contributed by atoms with van der Waals surface area (Å²) in [7, 11) is 0. The maximum atomic E-state index is 11.4. The molecular formula is C20H26N2O. The number of benzene rings is 1. The summed E-state index contributed by atoms with van der Waals surface area (Å²) in [6.07, 6.45) is 7.72. The SMILES string of the molecule is CC(=O)c1ccc(N2CCN(CC3C[C@@H]4C=C[C@H]3C4)CC2)cc1. The van der Waals surface area contributed by atoms with Gasteiger partial charge in [-0.05, 0) is 61.8 Å². The van der Waals surface area contributed by atoms with Crippen LogP contribution in [0.1, 0.15) is 30.1 Å². The van der Waals surface area contributed by atoms with E-state index in [9.17, 15) is 4.79 Å². The Bertz CT molecular complexity index is 599. The third-order valence-corrected chi connectivity index (χ3v) is 5.92. The van der Waals surface area contributed by atoms with Crippen molar-refractivity contribution in [2.45, 2.75) is 19.8 Å². The summed E-state index contributed by atoms with van der Waals surface area (Å²) in [4.78, 5) is 16.5. The second kappa shape index (κ2) is 6.12. The molecule has 1 aliphatic heterocycles. The molecule has 1 saturated carbocycles. The minimum Gasteiger partial charge on any atom is -0.369 e. The zero-order valence-corrected chi connectivity index (χ0v) is 13.9. The van der Waals surface area contributed by atoms with E-state index in [1.54, 1.807) is 6.92 Å². The number of hydrogen-bond acceptors (Lipinski definition) is 3. The van der Waals surface area contributed by atoms with Crippen molar-refractivity contribution >= 4 is 11.5 Å². The number of Topliss-reactive ketones (excluding diaryl/α,β-unsaturated/α-hetero) is 1. The van der Waals surface area contributed by atoms with Gasteiger partial charge in [-0.1, -0.05) is 12.2 Å². The zero-order valence-electron chi connectivity index (χ0n) is 13.9.